The number of hydrogen-bond acceptors (Lipinski definition) is 9. The Bertz CT molecular complexity index is 1550. The van der Waals surface area contributed by atoms with E-state index >= 15 is 0 Å². The first-order valence-corrected chi connectivity index (χ1v) is 13.3. The molecule has 11 nitrogen and oxygen atoms in total. The molecule has 6 rings (SSSR count). The van der Waals surface area contributed by atoms with Gasteiger partial charge in [0.05, 0.1) is 23.3 Å². The van der Waals surface area contributed by atoms with Gasteiger partial charge in [0.1, 0.15) is 18.2 Å². The molecule has 4 aromatic rings. The maximum absolute atomic E-state index is 14.5. The predicted molar refractivity (Wildman–Crippen MR) is 139 cm³/mol. The summed E-state index contributed by atoms with van der Waals surface area (Å²) in [6.45, 7) is 3.79. The number of aromatic nitrogens is 8. The number of ether oxygens (including phenoxy) is 1. The molecule has 0 bridgehead atoms. The van der Waals surface area contributed by atoms with Crippen LogP contribution in [0.4, 0.5) is 33.6 Å². The number of anilines is 2. The van der Waals surface area contributed by atoms with Gasteiger partial charge in [-0.25, -0.2) is 14.6 Å². The van der Waals surface area contributed by atoms with Gasteiger partial charge < -0.3 is 15.4 Å². The van der Waals surface area contributed by atoms with Gasteiger partial charge in [0, 0.05) is 37.2 Å². The van der Waals surface area contributed by atoms with E-state index in [0.29, 0.717) is 41.3 Å². The Morgan fingerprint density at radius 1 is 1.14 bits per heavy atom. The summed E-state index contributed by atoms with van der Waals surface area (Å²) in [7, 11) is 0. The minimum absolute atomic E-state index is 0.0647. The first-order valence-electron chi connectivity index (χ1n) is 12.9. The van der Waals surface area contributed by atoms with Crippen LogP contribution in [0.15, 0.2) is 43.1 Å². The summed E-state index contributed by atoms with van der Waals surface area (Å²) < 4.78 is 77.5. The zero-order valence-electron chi connectivity index (χ0n) is 22.0. The van der Waals surface area contributed by atoms with Crippen LogP contribution in [0.2, 0.25) is 5.02 Å². The van der Waals surface area contributed by atoms with Crippen molar-refractivity contribution >= 4 is 23.2 Å². The molecule has 1 aliphatic carbocycles. The molecule has 1 spiro atoms. The topological polar surface area (TPSA) is 120 Å². The van der Waals surface area contributed by atoms with E-state index < -0.39 is 23.5 Å². The molecule has 0 amide bonds. The Balaban J connectivity index is 1.20. The molecule has 2 fully saturated rings. The molecule has 1 aromatic carbocycles. The average Bonchev–Trinajstić information content (AvgIpc) is 3.54. The highest BCUT2D eigenvalue weighted by atomic mass is 35.5. The fourth-order valence-electron chi connectivity index (χ4n) is 5.15. The summed E-state index contributed by atoms with van der Waals surface area (Å²) in [6.07, 6.45) is 0.553. The number of benzene rings is 1. The third kappa shape index (κ3) is 5.35. The van der Waals surface area contributed by atoms with Crippen molar-refractivity contribution in [2.24, 2.45) is 5.41 Å². The summed E-state index contributed by atoms with van der Waals surface area (Å²) in [6, 6.07) is 4.75. The van der Waals surface area contributed by atoms with Crippen LogP contribution in [0.3, 0.4) is 0 Å². The Labute approximate surface area is 240 Å². The van der Waals surface area contributed by atoms with Crippen LogP contribution in [0, 0.1) is 5.41 Å². The summed E-state index contributed by atoms with van der Waals surface area (Å²) in [4.78, 5) is 8.28. The van der Waals surface area contributed by atoms with E-state index in [1.54, 1.807) is 18.2 Å². The first-order chi connectivity index (χ1) is 19.9. The van der Waals surface area contributed by atoms with Crippen molar-refractivity contribution in [2.45, 2.75) is 50.6 Å². The molecule has 17 heteroatoms. The van der Waals surface area contributed by atoms with Gasteiger partial charge in [-0.1, -0.05) is 17.7 Å². The van der Waals surface area contributed by atoms with Gasteiger partial charge in [-0.2, -0.15) is 27.1 Å². The Morgan fingerprint density at radius 2 is 1.88 bits per heavy atom. The fraction of sp³-hybridized carbons (Fsp3) is 0.440. The van der Waals surface area contributed by atoms with Crippen LogP contribution in [-0.2, 0) is 12.5 Å². The third-order valence-electron chi connectivity index (χ3n) is 7.42. The van der Waals surface area contributed by atoms with E-state index in [0.717, 1.165) is 19.3 Å². The standard InChI is InChI=1S/C25H24ClF5N10O/c1-14(9-40-13-35-38-39-40)42-20-4-15(2-3-18(20)26)16-7-33-22(34-8-16)36-19-10-41(17-5-23(6-17)11-32-12-23)37-21(19)24(27,28)25(29,30)31/h2-4,7-8,10,13-14,17,32H,5-6,9,11-12H2,1H3,(H,33,34,36). The molecule has 1 unspecified atom stereocenters. The van der Waals surface area contributed by atoms with Gasteiger partial charge in [-0.3, -0.25) is 4.68 Å². The molecule has 0 radical (unpaired) electrons. The largest absolute Gasteiger partial charge is 0.487 e. The number of alkyl halides is 5. The monoisotopic (exact) mass is 610 g/mol. The van der Waals surface area contributed by atoms with Crippen molar-refractivity contribution in [2.75, 3.05) is 18.4 Å². The second kappa shape index (κ2) is 10.4. The molecule has 3 aromatic heterocycles. The zero-order valence-corrected chi connectivity index (χ0v) is 22.7. The Kier molecular flexibility index (Phi) is 7.00. The van der Waals surface area contributed by atoms with Crippen LogP contribution in [0.25, 0.3) is 11.1 Å². The smallest absolute Gasteiger partial charge is 0.459 e. The van der Waals surface area contributed by atoms with Crippen molar-refractivity contribution in [3.8, 4) is 16.9 Å². The van der Waals surface area contributed by atoms with E-state index in [2.05, 4.69) is 41.2 Å². The normalized spacial score (nSPS) is 17.5. The van der Waals surface area contributed by atoms with Crippen molar-refractivity contribution in [1.82, 2.24) is 45.3 Å². The average molecular weight is 611 g/mol. The maximum Gasteiger partial charge on any atom is 0.459 e. The minimum atomic E-state index is -5.83. The van der Waals surface area contributed by atoms with Gasteiger partial charge in [0.2, 0.25) is 5.95 Å². The highest BCUT2D eigenvalue weighted by Gasteiger charge is 2.62. The van der Waals surface area contributed by atoms with E-state index in [1.165, 1.54) is 28.1 Å². The van der Waals surface area contributed by atoms with Crippen molar-refractivity contribution in [3.63, 3.8) is 0 Å². The highest BCUT2D eigenvalue weighted by molar-refractivity contribution is 6.32. The summed E-state index contributed by atoms with van der Waals surface area (Å²) in [5, 5.41) is 20.7. The van der Waals surface area contributed by atoms with Crippen LogP contribution in [-0.4, -0.2) is 65.3 Å². The molecule has 42 heavy (non-hydrogen) atoms. The number of tetrazole rings is 1. The molecular formula is C25H24ClF5N10O. The lowest BCUT2D eigenvalue weighted by Crippen LogP contribution is -2.60. The first kappa shape index (κ1) is 28.2. The third-order valence-corrected chi connectivity index (χ3v) is 7.74. The van der Waals surface area contributed by atoms with Crippen LogP contribution in [0.1, 0.15) is 31.5 Å². The van der Waals surface area contributed by atoms with E-state index in [9.17, 15) is 22.0 Å². The van der Waals surface area contributed by atoms with Gasteiger partial charge in [0.15, 0.2) is 5.69 Å². The number of nitrogens with one attached hydrogen (secondary N) is 2. The summed E-state index contributed by atoms with van der Waals surface area (Å²) in [5.74, 6) is -4.97. The zero-order chi connectivity index (χ0) is 29.7. The molecule has 1 saturated carbocycles. The van der Waals surface area contributed by atoms with Crippen molar-refractivity contribution in [1.29, 1.82) is 0 Å². The Hall–Kier alpha value is -3.92. The number of halogens is 6. The van der Waals surface area contributed by atoms with Crippen molar-refractivity contribution in [3.05, 3.63) is 53.8 Å². The lowest BCUT2D eigenvalue weighted by atomic mass is 9.62. The van der Waals surface area contributed by atoms with Gasteiger partial charge in [-0.15, -0.1) is 5.10 Å². The molecule has 2 aliphatic rings. The summed E-state index contributed by atoms with van der Waals surface area (Å²) in [5.41, 5.74) is -0.713. The molecule has 1 saturated heterocycles. The van der Waals surface area contributed by atoms with E-state index in [-0.39, 0.29) is 23.5 Å². The highest BCUT2D eigenvalue weighted by Crippen LogP contribution is 2.52. The second-order valence-electron chi connectivity index (χ2n) is 10.6. The van der Waals surface area contributed by atoms with E-state index in [1.807, 2.05) is 6.92 Å². The van der Waals surface area contributed by atoms with Crippen LogP contribution >= 0.6 is 11.6 Å². The molecule has 4 heterocycles. The predicted octanol–water partition coefficient (Wildman–Crippen LogP) is 4.77. The fourth-order valence-corrected chi connectivity index (χ4v) is 5.31. The molecule has 1 aliphatic heterocycles. The quantitative estimate of drug-likeness (QED) is 0.258. The second-order valence-corrected chi connectivity index (χ2v) is 11.0. The molecule has 1 atom stereocenters. The molecule has 222 valence electrons. The van der Waals surface area contributed by atoms with Gasteiger partial charge >= 0.3 is 12.1 Å². The lowest BCUT2D eigenvalue weighted by Gasteiger charge is -2.54. The van der Waals surface area contributed by atoms with Crippen molar-refractivity contribution < 1.29 is 26.7 Å². The number of hydrogen-bond donors (Lipinski definition) is 2. The van der Waals surface area contributed by atoms with E-state index in [4.69, 9.17) is 16.3 Å². The molecule has 2 N–H and O–H groups in total. The lowest BCUT2D eigenvalue weighted by molar-refractivity contribution is -0.290. The van der Waals surface area contributed by atoms with Crippen LogP contribution < -0.4 is 15.4 Å². The SMILES string of the molecule is CC(Cn1cnnn1)Oc1cc(-c2cnc(Nc3cn(C4CC5(CNC5)C4)nc3C(F)(F)C(F)(F)F)nc2)ccc1Cl. The minimum Gasteiger partial charge on any atom is -0.487 e. The number of nitrogens with zero attached hydrogens (tertiary/aromatic N) is 8. The van der Waals surface area contributed by atoms with Gasteiger partial charge in [-0.05, 0) is 53.3 Å². The maximum atomic E-state index is 14.5. The number of rotatable bonds is 9. The molecular weight excluding hydrogens is 587 g/mol. The van der Waals surface area contributed by atoms with Gasteiger partial charge in [0.25, 0.3) is 0 Å². The van der Waals surface area contributed by atoms with Crippen LogP contribution in [0.5, 0.6) is 5.75 Å². The Morgan fingerprint density at radius 3 is 2.50 bits per heavy atom. The summed E-state index contributed by atoms with van der Waals surface area (Å²) >= 11 is 6.31.